The summed E-state index contributed by atoms with van der Waals surface area (Å²) in [6.07, 6.45) is 0. The van der Waals surface area contributed by atoms with Gasteiger partial charge in [-0.2, -0.15) is 4.37 Å². The fourth-order valence-corrected chi connectivity index (χ4v) is 1.77. The molecule has 0 aliphatic heterocycles. The lowest BCUT2D eigenvalue weighted by molar-refractivity contribution is 0.0702. The maximum atomic E-state index is 10.6. The topological polar surface area (TPSA) is 79.7 Å². The molecule has 2 aromatic rings. The fourth-order valence-electron chi connectivity index (χ4n) is 1.18. The van der Waals surface area contributed by atoms with Gasteiger partial charge in [0.1, 0.15) is 23.0 Å². The zero-order valence-electron chi connectivity index (χ0n) is 8.66. The number of hydrogen-bond donors (Lipinski definition) is 2. The molecule has 5 nitrogen and oxygen atoms in total. The van der Waals surface area contributed by atoms with Crippen LogP contribution in [0.25, 0.3) is 0 Å². The maximum Gasteiger partial charge on any atom is 0.347 e. The molecular formula is C11H9NO4S. The lowest BCUT2D eigenvalue weighted by Gasteiger charge is -2.03. The monoisotopic (exact) mass is 251 g/mol. The van der Waals surface area contributed by atoms with Gasteiger partial charge >= 0.3 is 5.97 Å². The van der Waals surface area contributed by atoms with Crippen molar-refractivity contribution in [2.24, 2.45) is 0 Å². The Morgan fingerprint density at radius 2 is 2.06 bits per heavy atom. The molecule has 1 aromatic carbocycles. The largest absolute Gasteiger partial charge is 0.508 e. The Morgan fingerprint density at radius 3 is 2.65 bits per heavy atom. The summed E-state index contributed by atoms with van der Waals surface area (Å²) in [4.78, 5) is 10.8. The Labute approximate surface area is 101 Å². The van der Waals surface area contributed by atoms with Crippen LogP contribution in [0.3, 0.4) is 0 Å². The average Bonchev–Trinajstić information content (AvgIpc) is 2.77. The molecule has 0 saturated heterocycles. The van der Waals surface area contributed by atoms with Crippen LogP contribution in [-0.2, 0) is 6.61 Å². The number of phenolic OH excluding ortho intramolecular Hbond substituents is 1. The van der Waals surface area contributed by atoms with E-state index in [1.807, 2.05) is 0 Å². The molecule has 0 spiro atoms. The van der Waals surface area contributed by atoms with Gasteiger partial charge in [-0.1, -0.05) is 0 Å². The van der Waals surface area contributed by atoms with E-state index in [1.165, 1.54) is 18.2 Å². The van der Waals surface area contributed by atoms with Crippen LogP contribution < -0.4 is 4.74 Å². The van der Waals surface area contributed by atoms with Crippen molar-refractivity contribution in [1.82, 2.24) is 4.37 Å². The molecule has 0 radical (unpaired) electrons. The van der Waals surface area contributed by atoms with Crippen molar-refractivity contribution < 1.29 is 19.7 Å². The van der Waals surface area contributed by atoms with E-state index in [4.69, 9.17) is 14.9 Å². The summed E-state index contributed by atoms with van der Waals surface area (Å²) in [5.41, 5.74) is 0.570. The van der Waals surface area contributed by atoms with Crippen LogP contribution in [0.1, 0.15) is 15.4 Å². The molecule has 17 heavy (non-hydrogen) atoms. The zero-order valence-corrected chi connectivity index (χ0v) is 9.48. The highest BCUT2D eigenvalue weighted by atomic mass is 32.1. The zero-order chi connectivity index (χ0) is 12.3. The van der Waals surface area contributed by atoms with Gasteiger partial charge in [0.15, 0.2) is 0 Å². The third kappa shape index (κ3) is 2.94. The number of rotatable bonds is 4. The van der Waals surface area contributed by atoms with Crippen molar-refractivity contribution in [3.05, 3.63) is 40.9 Å². The minimum atomic E-state index is -0.988. The van der Waals surface area contributed by atoms with E-state index >= 15 is 0 Å². The number of ether oxygens (including phenoxy) is 1. The first-order valence-electron chi connectivity index (χ1n) is 4.76. The van der Waals surface area contributed by atoms with Crippen molar-refractivity contribution in [3.63, 3.8) is 0 Å². The number of benzene rings is 1. The molecule has 2 N–H and O–H groups in total. The predicted octanol–water partition coefficient (Wildman–Crippen LogP) is 2.13. The number of aromatic hydroxyl groups is 1. The third-order valence-electron chi connectivity index (χ3n) is 1.99. The number of carboxylic acids is 1. The van der Waals surface area contributed by atoms with Gasteiger partial charge in [0.25, 0.3) is 0 Å². The highest BCUT2D eigenvalue weighted by Crippen LogP contribution is 2.18. The Morgan fingerprint density at radius 1 is 1.35 bits per heavy atom. The van der Waals surface area contributed by atoms with Gasteiger partial charge in [-0.25, -0.2) is 4.79 Å². The lowest BCUT2D eigenvalue weighted by atomic mass is 10.3. The smallest absolute Gasteiger partial charge is 0.347 e. The number of aromatic carboxylic acids is 1. The molecule has 1 heterocycles. The van der Waals surface area contributed by atoms with E-state index in [9.17, 15) is 4.79 Å². The molecule has 1 aromatic heterocycles. The number of hydrogen-bond acceptors (Lipinski definition) is 5. The SMILES string of the molecule is O=C(O)c1cc(COc2ccc(O)cc2)ns1. The second-order valence-corrected chi connectivity index (χ2v) is 4.08. The Balaban J connectivity index is 1.97. The molecule has 0 bridgehead atoms. The van der Waals surface area contributed by atoms with E-state index in [0.717, 1.165) is 11.5 Å². The van der Waals surface area contributed by atoms with E-state index in [0.29, 0.717) is 11.4 Å². The lowest BCUT2D eigenvalue weighted by Crippen LogP contribution is -1.95. The Kier molecular flexibility index (Phi) is 3.24. The fraction of sp³-hybridized carbons (Fsp3) is 0.0909. The maximum absolute atomic E-state index is 10.6. The molecule has 0 saturated carbocycles. The minimum absolute atomic E-state index is 0.166. The number of phenols is 1. The predicted molar refractivity (Wildman–Crippen MR) is 61.5 cm³/mol. The van der Waals surface area contributed by atoms with Crippen LogP contribution in [0.5, 0.6) is 11.5 Å². The molecule has 88 valence electrons. The molecule has 0 aliphatic carbocycles. The highest BCUT2D eigenvalue weighted by molar-refractivity contribution is 7.08. The first-order valence-corrected chi connectivity index (χ1v) is 5.53. The summed E-state index contributed by atoms with van der Waals surface area (Å²) in [6.45, 7) is 0.203. The van der Waals surface area contributed by atoms with Crippen LogP contribution in [-0.4, -0.2) is 20.6 Å². The van der Waals surface area contributed by atoms with Crippen LogP contribution in [0, 0.1) is 0 Å². The van der Waals surface area contributed by atoms with Gasteiger partial charge in [-0.05, 0) is 41.9 Å². The van der Waals surface area contributed by atoms with Crippen LogP contribution >= 0.6 is 11.5 Å². The first-order chi connectivity index (χ1) is 8.15. The minimum Gasteiger partial charge on any atom is -0.508 e. The van der Waals surface area contributed by atoms with Gasteiger partial charge in [-0.15, -0.1) is 0 Å². The van der Waals surface area contributed by atoms with Gasteiger partial charge in [0.05, 0.1) is 5.69 Å². The van der Waals surface area contributed by atoms with E-state index < -0.39 is 5.97 Å². The molecule has 0 atom stereocenters. The van der Waals surface area contributed by atoms with Crippen LogP contribution in [0.15, 0.2) is 30.3 Å². The number of aromatic nitrogens is 1. The molecule has 2 rings (SSSR count). The molecule has 0 aliphatic rings. The number of nitrogens with zero attached hydrogens (tertiary/aromatic N) is 1. The Hall–Kier alpha value is -2.08. The third-order valence-corrected chi connectivity index (χ3v) is 2.81. The molecule has 6 heteroatoms. The van der Waals surface area contributed by atoms with Crippen molar-refractivity contribution in [2.75, 3.05) is 0 Å². The average molecular weight is 251 g/mol. The molecule has 0 amide bonds. The van der Waals surface area contributed by atoms with Crippen molar-refractivity contribution in [2.45, 2.75) is 6.61 Å². The first kappa shape index (κ1) is 11.4. The normalized spacial score (nSPS) is 10.1. The van der Waals surface area contributed by atoms with E-state index in [1.54, 1.807) is 12.1 Å². The summed E-state index contributed by atoms with van der Waals surface area (Å²) in [7, 11) is 0. The standard InChI is InChI=1S/C11H9NO4S/c13-8-1-3-9(4-2-8)16-6-7-5-10(11(14)15)17-12-7/h1-5,13H,6H2,(H,14,15). The van der Waals surface area contributed by atoms with Crippen molar-refractivity contribution in [1.29, 1.82) is 0 Å². The van der Waals surface area contributed by atoms with E-state index in [2.05, 4.69) is 4.37 Å². The van der Waals surface area contributed by atoms with Gasteiger partial charge in [0, 0.05) is 0 Å². The Bertz CT molecular complexity index is 521. The van der Waals surface area contributed by atoms with Gasteiger partial charge in [-0.3, -0.25) is 0 Å². The van der Waals surface area contributed by atoms with Gasteiger partial charge in [0.2, 0.25) is 0 Å². The molecule has 0 fully saturated rings. The summed E-state index contributed by atoms with van der Waals surface area (Å²) in [5, 5.41) is 17.8. The summed E-state index contributed by atoms with van der Waals surface area (Å²) in [6, 6.07) is 7.76. The van der Waals surface area contributed by atoms with Gasteiger partial charge < -0.3 is 14.9 Å². The van der Waals surface area contributed by atoms with E-state index in [-0.39, 0.29) is 17.2 Å². The van der Waals surface area contributed by atoms with Crippen molar-refractivity contribution >= 4 is 17.5 Å². The number of carbonyl (C=O) groups is 1. The molecule has 0 unspecified atom stereocenters. The summed E-state index contributed by atoms with van der Waals surface area (Å²) < 4.78 is 9.34. The molecular weight excluding hydrogens is 242 g/mol. The van der Waals surface area contributed by atoms with Crippen molar-refractivity contribution in [3.8, 4) is 11.5 Å². The second kappa shape index (κ2) is 4.84. The van der Waals surface area contributed by atoms with Crippen LogP contribution in [0.2, 0.25) is 0 Å². The quantitative estimate of drug-likeness (QED) is 0.870. The second-order valence-electron chi connectivity index (χ2n) is 3.27. The highest BCUT2D eigenvalue weighted by Gasteiger charge is 2.08. The van der Waals surface area contributed by atoms with Crippen LogP contribution in [0.4, 0.5) is 0 Å². The summed E-state index contributed by atoms with van der Waals surface area (Å²) in [5.74, 6) is -0.231. The number of carboxylic acid groups (broad SMARTS) is 1. The summed E-state index contributed by atoms with van der Waals surface area (Å²) >= 11 is 0.926.